The van der Waals surface area contributed by atoms with Crippen molar-refractivity contribution < 1.29 is 10.2 Å². The van der Waals surface area contributed by atoms with Crippen molar-refractivity contribution in [3.63, 3.8) is 0 Å². The fourth-order valence-electron chi connectivity index (χ4n) is 1.11. The zero-order valence-corrected chi connectivity index (χ0v) is 8.16. The van der Waals surface area contributed by atoms with Gasteiger partial charge in [0.25, 0.3) is 0 Å². The Morgan fingerprint density at radius 3 is 2.58 bits per heavy atom. The standard InChI is InChI=1S/C8H6INO2/c9-5-3-10-6-2-8(12)7(11)1-4(5)6/h1-3,10-12H. The van der Waals surface area contributed by atoms with Gasteiger partial charge in [-0.05, 0) is 28.7 Å². The van der Waals surface area contributed by atoms with Crippen LogP contribution in [0.5, 0.6) is 11.5 Å². The summed E-state index contributed by atoms with van der Waals surface area (Å²) in [4.78, 5) is 2.98. The van der Waals surface area contributed by atoms with Crippen LogP contribution >= 0.6 is 22.6 Å². The van der Waals surface area contributed by atoms with Crippen LogP contribution in [0.1, 0.15) is 0 Å². The predicted octanol–water partition coefficient (Wildman–Crippen LogP) is 2.18. The number of phenols is 2. The fraction of sp³-hybridized carbons (Fsp3) is 0. The summed E-state index contributed by atoms with van der Waals surface area (Å²) < 4.78 is 1.03. The Kier molecular flexibility index (Phi) is 1.64. The summed E-state index contributed by atoms with van der Waals surface area (Å²) in [6, 6.07) is 3.05. The first-order chi connectivity index (χ1) is 5.68. The third-order valence-electron chi connectivity index (χ3n) is 1.73. The third-order valence-corrected chi connectivity index (χ3v) is 2.62. The van der Waals surface area contributed by atoms with Crippen LogP contribution in [0.4, 0.5) is 0 Å². The Morgan fingerprint density at radius 1 is 1.17 bits per heavy atom. The number of hydrogen-bond acceptors (Lipinski definition) is 2. The zero-order valence-electron chi connectivity index (χ0n) is 6.00. The molecule has 3 nitrogen and oxygen atoms in total. The van der Waals surface area contributed by atoms with E-state index < -0.39 is 0 Å². The molecule has 1 heterocycles. The van der Waals surface area contributed by atoms with Crippen molar-refractivity contribution in [2.75, 3.05) is 0 Å². The normalized spacial score (nSPS) is 10.8. The molecule has 0 aliphatic carbocycles. The second-order valence-corrected chi connectivity index (χ2v) is 3.69. The number of aromatic nitrogens is 1. The van der Waals surface area contributed by atoms with Crippen LogP contribution in [-0.4, -0.2) is 15.2 Å². The van der Waals surface area contributed by atoms with E-state index in [1.807, 2.05) is 6.20 Å². The number of halogens is 1. The summed E-state index contributed by atoms with van der Waals surface area (Å²) in [6.07, 6.45) is 1.82. The molecule has 2 rings (SSSR count). The molecule has 0 atom stereocenters. The minimum absolute atomic E-state index is 0.0833. The van der Waals surface area contributed by atoms with Crippen molar-refractivity contribution in [3.8, 4) is 11.5 Å². The number of benzene rings is 1. The van der Waals surface area contributed by atoms with Crippen molar-refractivity contribution in [1.29, 1.82) is 0 Å². The highest BCUT2D eigenvalue weighted by Gasteiger charge is 2.05. The Hall–Kier alpha value is -0.910. The molecule has 0 amide bonds. The lowest BCUT2D eigenvalue weighted by molar-refractivity contribution is 0.405. The number of rotatable bonds is 0. The van der Waals surface area contributed by atoms with Gasteiger partial charge in [-0.2, -0.15) is 0 Å². The first-order valence-corrected chi connectivity index (χ1v) is 4.45. The lowest BCUT2D eigenvalue weighted by Crippen LogP contribution is -1.71. The van der Waals surface area contributed by atoms with Crippen LogP contribution in [0.25, 0.3) is 10.9 Å². The smallest absolute Gasteiger partial charge is 0.159 e. The van der Waals surface area contributed by atoms with Crippen LogP contribution in [-0.2, 0) is 0 Å². The van der Waals surface area contributed by atoms with Crippen molar-refractivity contribution in [2.45, 2.75) is 0 Å². The Balaban J connectivity index is 2.87. The van der Waals surface area contributed by atoms with Crippen molar-refractivity contribution in [1.82, 2.24) is 4.98 Å². The largest absolute Gasteiger partial charge is 0.504 e. The van der Waals surface area contributed by atoms with E-state index in [-0.39, 0.29) is 11.5 Å². The van der Waals surface area contributed by atoms with Gasteiger partial charge in [0.2, 0.25) is 0 Å². The van der Waals surface area contributed by atoms with Crippen LogP contribution in [0.15, 0.2) is 18.3 Å². The molecule has 2 aromatic rings. The molecule has 0 bridgehead atoms. The number of fused-ring (bicyclic) bond motifs is 1. The molecule has 12 heavy (non-hydrogen) atoms. The molecule has 3 N–H and O–H groups in total. The molecular weight excluding hydrogens is 269 g/mol. The molecule has 0 saturated carbocycles. The Morgan fingerprint density at radius 2 is 1.83 bits per heavy atom. The van der Waals surface area contributed by atoms with Gasteiger partial charge in [-0.25, -0.2) is 0 Å². The minimum atomic E-state index is -0.0965. The van der Waals surface area contributed by atoms with Crippen molar-refractivity contribution in [3.05, 3.63) is 21.9 Å². The van der Waals surface area contributed by atoms with E-state index in [9.17, 15) is 5.11 Å². The van der Waals surface area contributed by atoms with Crippen molar-refractivity contribution in [2.24, 2.45) is 0 Å². The van der Waals surface area contributed by atoms with E-state index in [0.717, 1.165) is 14.5 Å². The average molecular weight is 275 g/mol. The van der Waals surface area contributed by atoms with Gasteiger partial charge >= 0.3 is 0 Å². The summed E-state index contributed by atoms with van der Waals surface area (Å²) in [5.74, 6) is -0.180. The maximum atomic E-state index is 9.19. The SMILES string of the molecule is Oc1cc2[nH]cc(I)c2cc1O. The van der Waals surface area contributed by atoms with Crippen LogP contribution in [0, 0.1) is 3.57 Å². The number of H-pyrrole nitrogens is 1. The first-order valence-electron chi connectivity index (χ1n) is 3.37. The highest BCUT2D eigenvalue weighted by atomic mass is 127. The highest BCUT2D eigenvalue weighted by molar-refractivity contribution is 14.1. The molecule has 0 spiro atoms. The van der Waals surface area contributed by atoms with Crippen LogP contribution < -0.4 is 0 Å². The number of hydrogen-bond donors (Lipinski definition) is 3. The van der Waals surface area contributed by atoms with Gasteiger partial charge in [-0.3, -0.25) is 0 Å². The molecule has 1 aromatic heterocycles. The second-order valence-electron chi connectivity index (χ2n) is 2.52. The number of aromatic hydroxyl groups is 2. The summed E-state index contributed by atoms with van der Waals surface area (Å²) in [7, 11) is 0. The van der Waals surface area contributed by atoms with Gasteiger partial charge in [0.1, 0.15) is 0 Å². The number of phenolic OH excluding ortho intramolecular Hbond substituents is 2. The zero-order chi connectivity index (χ0) is 8.72. The van der Waals surface area contributed by atoms with Gasteiger partial charge in [0.15, 0.2) is 11.5 Å². The highest BCUT2D eigenvalue weighted by Crippen LogP contribution is 2.31. The molecule has 0 radical (unpaired) electrons. The van der Waals surface area contributed by atoms with Gasteiger partial charge in [-0.1, -0.05) is 0 Å². The summed E-state index contributed by atoms with van der Waals surface area (Å²) in [6.45, 7) is 0. The molecule has 1 aromatic carbocycles. The second kappa shape index (κ2) is 2.55. The molecule has 0 unspecified atom stereocenters. The van der Waals surface area contributed by atoms with Crippen LogP contribution in [0.2, 0.25) is 0 Å². The topological polar surface area (TPSA) is 56.2 Å². The molecule has 4 heteroatoms. The quantitative estimate of drug-likeness (QED) is 0.510. The minimum Gasteiger partial charge on any atom is -0.504 e. The fourth-order valence-corrected chi connectivity index (χ4v) is 1.71. The Labute approximate surface area is 82.2 Å². The summed E-state index contributed by atoms with van der Waals surface area (Å²) in [5, 5.41) is 19.3. The average Bonchev–Trinajstić information content (AvgIpc) is 2.35. The number of nitrogens with one attached hydrogen (secondary N) is 1. The van der Waals surface area contributed by atoms with Gasteiger partial charge in [0.05, 0.1) is 5.52 Å². The third kappa shape index (κ3) is 1.03. The molecule has 62 valence electrons. The lowest BCUT2D eigenvalue weighted by atomic mass is 10.2. The van der Waals surface area contributed by atoms with Gasteiger partial charge in [0, 0.05) is 21.2 Å². The molecule has 0 fully saturated rings. The maximum Gasteiger partial charge on any atom is 0.159 e. The van der Waals surface area contributed by atoms with E-state index in [0.29, 0.717) is 0 Å². The Bertz CT molecular complexity index is 436. The monoisotopic (exact) mass is 275 g/mol. The van der Waals surface area contributed by atoms with E-state index in [4.69, 9.17) is 5.11 Å². The van der Waals surface area contributed by atoms with E-state index in [1.54, 1.807) is 6.07 Å². The lowest BCUT2D eigenvalue weighted by Gasteiger charge is -1.96. The summed E-state index contributed by atoms with van der Waals surface area (Å²) in [5.41, 5.74) is 0.828. The van der Waals surface area contributed by atoms with E-state index in [2.05, 4.69) is 27.6 Å². The van der Waals surface area contributed by atoms with Gasteiger partial charge in [-0.15, -0.1) is 0 Å². The first kappa shape index (κ1) is 7.72. The van der Waals surface area contributed by atoms with Crippen molar-refractivity contribution >= 4 is 33.5 Å². The predicted molar refractivity (Wildman–Crippen MR) is 54.3 cm³/mol. The summed E-state index contributed by atoms with van der Waals surface area (Å²) >= 11 is 2.16. The van der Waals surface area contributed by atoms with Crippen LogP contribution in [0.3, 0.4) is 0 Å². The molecular formula is C8H6INO2. The van der Waals surface area contributed by atoms with Gasteiger partial charge < -0.3 is 15.2 Å². The molecule has 0 saturated heterocycles. The van der Waals surface area contributed by atoms with E-state index >= 15 is 0 Å². The number of aromatic amines is 1. The maximum absolute atomic E-state index is 9.19. The molecule has 0 aliphatic heterocycles. The molecule has 0 aliphatic rings. The van der Waals surface area contributed by atoms with E-state index in [1.165, 1.54) is 6.07 Å².